The van der Waals surface area contributed by atoms with Gasteiger partial charge in [-0.1, -0.05) is 29.8 Å². The maximum Gasteiger partial charge on any atom is 0.0931 e. The average Bonchev–Trinajstić information content (AvgIpc) is 2.80. The number of halogens is 2. The van der Waals surface area contributed by atoms with Gasteiger partial charge in [-0.25, -0.2) is 4.98 Å². The molecule has 1 aromatic carbocycles. The minimum Gasteiger partial charge on any atom is -0.250 e. The van der Waals surface area contributed by atoms with Gasteiger partial charge in [-0.2, -0.15) is 0 Å². The van der Waals surface area contributed by atoms with Crippen molar-refractivity contribution in [2.24, 2.45) is 0 Å². The molecule has 84 valence electrons. The number of thiazole rings is 1. The zero-order valence-electron chi connectivity index (χ0n) is 8.57. The van der Waals surface area contributed by atoms with Crippen LogP contribution in [0.15, 0.2) is 35.8 Å². The summed E-state index contributed by atoms with van der Waals surface area (Å²) in [6.45, 7) is 0. The number of hydrogen-bond acceptors (Lipinski definition) is 2. The van der Waals surface area contributed by atoms with Gasteiger partial charge in [0.1, 0.15) is 0 Å². The third-order valence-electron chi connectivity index (χ3n) is 2.44. The summed E-state index contributed by atoms with van der Waals surface area (Å²) in [4.78, 5) is 4.28. The van der Waals surface area contributed by atoms with Gasteiger partial charge in [0.2, 0.25) is 0 Å². The lowest BCUT2D eigenvalue weighted by atomic mass is 9.98. The third kappa shape index (κ3) is 2.76. The van der Waals surface area contributed by atoms with Crippen LogP contribution in [0.1, 0.15) is 16.5 Å². The summed E-state index contributed by atoms with van der Waals surface area (Å²) in [5, 5.41) is 3.86. The van der Waals surface area contributed by atoms with E-state index in [1.807, 2.05) is 35.8 Å². The van der Waals surface area contributed by atoms with E-state index in [0.717, 1.165) is 22.0 Å². The van der Waals surface area contributed by atoms with Gasteiger partial charge in [-0.15, -0.1) is 22.9 Å². The third-order valence-corrected chi connectivity index (χ3v) is 3.95. The Morgan fingerprint density at radius 1 is 1.31 bits per heavy atom. The van der Waals surface area contributed by atoms with Crippen molar-refractivity contribution in [3.63, 3.8) is 0 Å². The van der Waals surface area contributed by atoms with Gasteiger partial charge in [-0.05, 0) is 11.6 Å². The van der Waals surface area contributed by atoms with Crippen molar-refractivity contribution < 1.29 is 0 Å². The zero-order chi connectivity index (χ0) is 11.4. The molecular formula is C12H11Cl2NS. The van der Waals surface area contributed by atoms with Crippen LogP contribution in [0, 0.1) is 0 Å². The standard InChI is InChI=1S/C12H11Cl2NS/c13-8-9(7-12-15-5-6-16-12)10-3-1-2-4-11(10)14/h1-6,9H,7-8H2. The van der Waals surface area contributed by atoms with Crippen molar-refractivity contribution >= 4 is 34.5 Å². The Bertz CT molecular complexity index is 442. The molecule has 0 bridgehead atoms. The van der Waals surface area contributed by atoms with E-state index in [1.165, 1.54) is 0 Å². The Balaban J connectivity index is 2.20. The molecule has 0 saturated carbocycles. The summed E-state index contributed by atoms with van der Waals surface area (Å²) in [6.07, 6.45) is 2.67. The fourth-order valence-electron chi connectivity index (χ4n) is 1.62. The summed E-state index contributed by atoms with van der Waals surface area (Å²) >= 11 is 13.8. The van der Waals surface area contributed by atoms with Crippen molar-refractivity contribution in [1.29, 1.82) is 0 Å². The first-order chi connectivity index (χ1) is 7.81. The topological polar surface area (TPSA) is 12.9 Å². The molecule has 0 fully saturated rings. The minimum atomic E-state index is 0.238. The number of benzene rings is 1. The van der Waals surface area contributed by atoms with Gasteiger partial charge < -0.3 is 0 Å². The fourth-order valence-corrected chi connectivity index (χ4v) is 2.88. The molecule has 0 aliphatic heterocycles. The van der Waals surface area contributed by atoms with Crippen LogP contribution < -0.4 is 0 Å². The van der Waals surface area contributed by atoms with Gasteiger partial charge >= 0.3 is 0 Å². The molecule has 0 spiro atoms. The highest BCUT2D eigenvalue weighted by molar-refractivity contribution is 7.09. The molecule has 16 heavy (non-hydrogen) atoms. The normalized spacial score (nSPS) is 12.6. The molecule has 4 heteroatoms. The molecular weight excluding hydrogens is 261 g/mol. The van der Waals surface area contributed by atoms with E-state index in [1.54, 1.807) is 11.3 Å². The lowest BCUT2D eigenvalue weighted by molar-refractivity contribution is 0.761. The molecule has 1 atom stereocenters. The molecule has 0 N–H and O–H groups in total. The molecule has 2 rings (SSSR count). The van der Waals surface area contributed by atoms with Crippen LogP contribution >= 0.6 is 34.5 Å². The smallest absolute Gasteiger partial charge is 0.0931 e. The van der Waals surface area contributed by atoms with E-state index < -0.39 is 0 Å². The molecule has 0 saturated heterocycles. The molecule has 0 amide bonds. The Kier molecular flexibility index (Phi) is 4.22. The van der Waals surface area contributed by atoms with E-state index in [0.29, 0.717) is 5.88 Å². The molecule has 1 nitrogen and oxygen atoms in total. The summed E-state index contributed by atoms with van der Waals surface area (Å²) in [7, 11) is 0. The van der Waals surface area contributed by atoms with Crippen LogP contribution in [0.3, 0.4) is 0 Å². The van der Waals surface area contributed by atoms with Crippen LogP contribution in [0.5, 0.6) is 0 Å². The second-order valence-corrected chi connectivity index (χ2v) is 5.20. The molecule has 1 unspecified atom stereocenters. The van der Waals surface area contributed by atoms with E-state index >= 15 is 0 Å². The van der Waals surface area contributed by atoms with Crippen molar-refractivity contribution in [1.82, 2.24) is 4.98 Å². The molecule has 1 heterocycles. The number of hydrogen-bond donors (Lipinski definition) is 0. The maximum atomic E-state index is 6.16. The van der Waals surface area contributed by atoms with Crippen molar-refractivity contribution in [3.05, 3.63) is 51.4 Å². The van der Waals surface area contributed by atoms with E-state index in [2.05, 4.69) is 4.98 Å². The Morgan fingerprint density at radius 3 is 2.75 bits per heavy atom. The highest BCUT2D eigenvalue weighted by atomic mass is 35.5. The first-order valence-corrected chi connectivity index (χ1v) is 6.79. The van der Waals surface area contributed by atoms with Crippen LogP contribution in [0.25, 0.3) is 0 Å². The molecule has 1 aromatic heterocycles. The predicted molar refractivity (Wildman–Crippen MR) is 70.7 cm³/mol. The van der Waals surface area contributed by atoms with E-state index in [4.69, 9.17) is 23.2 Å². The van der Waals surface area contributed by atoms with Crippen molar-refractivity contribution in [3.8, 4) is 0 Å². The Labute approximate surface area is 109 Å². The Morgan fingerprint density at radius 2 is 2.12 bits per heavy atom. The maximum absolute atomic E-state index is 6.16. The summed E-state index contributed by atoms with van der Waals surface area (Å²) in [5.74, 6) is 0.796. The minimum absolute atomic E-state index is 0.238. The lowest BCUT2D eigenvalue weighted by Crippen LogP contribution is -2.05. The summed E-state index contributed by atoms with van der Waals surface area (Å²) < 4.78 is 0. The van der Waals surface area contributed by atoms with Gasteiger partial charge in [0.05, 0.1) is 5.01 Å². The first-order valence-electron chi connectivity index (χ1n) is 5.00. The first kappa shape index (κ1) is 11.9. The highest BCUT2D eigenvalue weighted by Crippen LogP contribution is 2.28. The van der Waals surface area contributed by atoms with Crippen LogP contribution in [0.4, 0.5) is 0 Å². The zero-order valence-corrected chi connectivity index (χ0v) is 10.9. The second kappa shape index (κ2) is 5.67. The van der Waals surface area contributed by atoms with Gasteiger partial charge in [0.15, 0.2) is 0 Å². The quantitative estimate of drug-likeness (QED) is 0.753. The van der Waals surface area contributed by atoms with Crippen molar-refractivity contribution in [2.45, 2.75) is 12.3 Å². The summed E-state index contributed by atoms with van der Waals surface area (Å²) in [6, 6.07) is 7.85. The van der Waals surface area contributed by atoms with Gasteiger partial charge in [0, 0.05) is 34.8 Å². The monoisotopic (exact) mass is 271 g/mol. The molecule has 0 aliphatic carbocycles. The summed E-state index contributed by atoms with van der Waals surface area (Å²) in [5.41, 5.74) is 1.11. The van der Waals surface area contributed by atoms with Crippen molar-refractivity contribution in [2.75, 3.05) is 5.88 Å². The molecule has 0 radical (unpaired) electrons. The molecule has 0 aliphatic rings. The van der Waals surface area contributed by atoms with E-state index in [9.17, 15) is 0 Å². The highest BCUT2D eigenvalue weighted by Gasteiger charge is 2.15. The average molecular weight is 272 g/mol. The predicted octanol–water partition coefficient (Wildman–Crippen LogP) is 4.36. The number of alkyl halides is 1. The largest absolute Gasteiger partial charge is 0.250 e. The van der Waals surface area contributed by atoms with Crippen LogP contribution in [-0.2, 0) is 6.42 Å². The number of nitrogens with zero attached hydrogens (tertiary/aromatic N) is 1. The van der Waals surface area contributed by atoms with Gasteiger partial charge in [-0.3, -0.25) is 0 Å². The second-order valence-electron chi connectivity index (χ2n) is 3.50. The fraction of sp³-hybridized carbons (Fsp3) is 0.250. The van der Waals surface area contributed by atoms with Crippen LogP contribution in [-0.4, -0.2) is 10.9 Å². The number of rotatable bonds is 4. The van der Waals surface area contributed by atoms with Crippen LogP contribution in [0.2, 0.25) is 5.02 Å². The Hall–Kier alpha value is -0.570. The molecule has 2 aromatic rings. The lowest BCUT2D eigenvalue weighted by Gasteiger charge is -2.14. The van der Waals surface area contributed by atoms with E-state index in [-0.39, 0.29) is 5.92 Å². The SMILES string of the molecule is ClCC(Cc1nccs1)c1ccccc1Cl. The van der Waals surface area contributed by atoms with Gasteiger partial charge in [0.25, 0.3) is 0 Å². The number of aromatic nitrogens is 1.